The molecule has 1 amide bonds. The molecule has 0 radical (unpaired) electrons. The fourth-order valence-corrected chi connectivity index (χ4v) is 3.19. The van der Waals surface area contributed by atoms with Gasteiger partial charge in [0.25, 0.3) is 0 Å². The number of morpholine rings is 1. The van der Waals surface area contributed by atoms with E-state index in [9.17, 15) is 14.7 Å². The van der Waals surface area contributed by atoms with E-state index in [0.29, 0.717) is 26.0 Å². The molecule has 2 rings (SSSR count). The third kappa shape index (κ3) is 4.21. The first kappa shape index (κ1) is 18.1. The Morgan fingerprint density at radius 3 is 2.74 bits per heavy atom. The zero-order chi connectivity index (χ0) is 17.0. The van der Waals surface area contributed by atoms with Crippen LogP contribution in [0.2, 0.25) is 6.32 Å². The van der Waals surface area contributed by atoms with Crippen molar-refractivity contribution in [3.05, 3.63) is 0 Å². The number of nitrogens with two attached hydrogens (primary N) is 1. The molecular weight excluding hydrogens is 305 g/mol. The van der Waals surface area contributed by atoms with Crippen molar-refractivity contribution in [2.45, 2.75) is 30.7 Å². The van der Waals surface area contributed by atoms with Crippen molar-refractivity contribution < 1.29 is 29.5 Å². The Balaban J connectivity index is 2.00. The lowest BCUT2D eigenvalue weighted by atomic mass is 9.78. The van der Waals surface area contributed by atoms with Gasteiger partial charge in [0, 0.05) is 25.6 Å². The van der Waals surface area contributed by atoms with Gasteiger partial charge >= 0.3 is 13.1 Å². The van der Waals surface area contributed by atoms with E-state index in [1.54, 1.807) is 0 Å². The Labute approximate surface area is 134 Å². The van der Waals surface area contributed by atoms with Crippen LogP contribution in [0, 0.1) is 5.92 Å². The number of ether oxygens (including phenoxy) is 1. The highest BCUT2D eigenvalue weighted by atomic mass is 16.5. The molecule has 2 heterocycles. The number of amides is 1. The summed E-state index contributed by atoms with van der Waals surface area (Å²) >= 11 is 0. The Hall–Kier alpha value is -1.20. The third-order valence-corrected chi connectivity index (χ3v) is 4.57. The minimum absolute atomic E-state index is 0.0499. The lowest BCUT2D eigenvalue weighted by molar-refractivity contribution is -0.144. The first-order valence-electron chi connectivity index (χ1n) is 7.83. The molecule has 6 N–H and O–H groups in total. The van der Waals surface area contributed by atoms with Crippen LogP contribution in [-0.4, -0.2) is 83.5 Å². The summed E-state index contributed by atoms with van der Waals surface area (Å²) < 4.78 is 5.27. The Bertz CT molecular complexity index is 445. The molecule has 23 heavy (non-hydrogen) atoms. The van der Waals surface area contributed by atoms with Crippen LogP contribution in [0.4, 0.5) is 0 Å². The summed E-state index contributed by atoms with van der Waals surface area (Å²) in [6, 6.07) is -0.472. The molecule has 0 saturated carbocycles. The number of carboxylic acids is 1. The van der Waals surface area contributed by atoms with Crippen molar-refractivity contribution in [2.24, 2.45) is 11.7 Å². The Morgan fingerprint density at radius 1 is 1.43 bits per heavy atom. The second kappa shape index (κ2) is 7.58. The molecule has 130 valence electrons. The van der Waals surface area contributed by atoms with Crippen LogP contribution >= 0.6 is 0 Å². The summed E-state index contributed by atoms with van der Waals surface area (Å²) in [6.45, 7) is 1.59. The number of likely N-dealkylation sites (tertiary alicyclic amines) is 1. The summed E-state index contributed by atoms with van der Waals surface area (Å²) in [4.78, 5) is 25.5. The standard InChI is InChI=1S/C13H24BN3O6/c15-13(12(19)20)8-17(6-9(13)2-1-3-14(21)22)11(18)10-7-23-5-4-16-10/h9-10,16,21-22H,1-8,15H2,(H,19,20)/t9?,10?,13-/m0/s1. The molecule has 9 nitrogen and oxygen atoms in total. The van der Waals surface area contributed by atoms with E-state index >= 15 is 0 Å². The van der Waals surface area contributed by atoms with E-state index in [-0.39, 0.29) is 31.9 Å². The van der Waals surface area contributed by atoms with Gasteiger partial charge in [0.1, 0.15) is 11.6 Å². The maximum absolute atomic E-state index is 12.5. The smallest absolute Gasteiger partial charge is 0.451 e. The monoisotopic (exact) mass is 329 g/mol. The number of carboxylic acid groups (broad SMARTS) is 1. The van der Waals surface area contributed by atoms with Gasteiger partial charge in [-0.2, -0.15) is 0 Å². The predicted octanol–water partition coefficient (Wildman–Crippen LogP) is -2.53. The summed E-state index contributed by atoms with van der Waals surface area (Å²) in [5.74, 6) is -1.77. The average Bonchev–Trinajstić information content (AvgIpc) is 2.86. The Kier molecular flexibility index (Phi) is 5.98. The molecule has 2 saturated heterocycles. The molecule has 0 aromatic rings. The predicted molar refractivity (Wildman–Crippen MR) is 81.5 cm³/mol. The molecule has 2 unspecified atom stereocenters. The number of carbonyl (C=O) groups excluding carboxylic acids is 1. The molecule has 2 aliphatic rings. The van der Waals surface area contributed by atoms with Crippen LogP contribution < -0.4 is 11.1 Å². The number of carbonyl (C=O) groups is 2. The number of hydrogen-bond donors (Lipinski definition) is 5. The molecule has 0 bridgehead atoms. The largest absolute Gasteiger partial charge is 0.480 e. The fourth-order valence-electron chi connectivity index (χ4n) is 3.19. The normalized spacial score (nSPS) is 31.2. The lowest BCUT2D eigenvalue weighted by Crippen LogP contribution is -2.56. The van der Waals surface area contributed by atoms with Crippen molar-refractivity contribution in [1.29, 1.82) is 0 Å². The van der Waals surface area contributed by atoms with E-state index in [2.05, 4.69) is 5.32 Å². The first-order chi connectivity index (χ1) is 10.8. The third-order valence-electron chi connectivity index (χ3n) is 4.57. The van der Waals surface area contributed by atoms with E-state index in [4.69, 9.17) is 20.5 Å². The van der Waals surface area contributed by atoms with E-state index in [1.165, 1.54) is 4.90 Å². The van der Waals surface area contributed by atoms with Gasteiger partial charge in [0.05, 0.1) is 13.2 Å². The van der Waals surface area contributed by atoms with Crippen molar-refractivity contribution in [2.75, 3.05) is 32.8 Å². The number of hydrogen-bond acceptors (Lipinski definition) is 7. The van der Waals surface area contributed by atoms with Gasteiger partial charge in [-0.1, -0.05) is 6.42 Å². The second-order valence-electron chi connectivity index (χ2n) is 6.25. The number of nitrogens with zero attached hydrogens (tertiary/aromatic N) is 1. The summed E-state index contributed by atoms with van der Waals surface area (Å²) in [6.07, 6.45) is 0.998. The maximum Gasteiger partial charge on any atom is 0.451 e. The minimum Gasteiger partial charge on any atom is -0.480 e. The maximum atomic E-state index is 12.5. The van der Waals surface area contributed by atoms with Gasteiger partial charge in [-0.05, 0) is 12.7 Å². The molecule has 0 aromatic carbocycles. The fraction of sp³-hybridized carbons (Fsp3) is 0.846. The quantitative estimate of drug-likeness (QED) is 0.335. The molecule has 2 aliphatic heterocycles. The average molecular weight is 329 g/mol. The van der Waals surface area contributed by atoms with Crippen LogP contribution in [0.3, 0.4) is 0 Å². The summed E-state index contributed by atoms with van der Waals surface area (Å²) in [5.41, 5.74) is 4.54. The van der Waals surface area contributed by atoms with Gasteiger partial charge in [0.15, 0.2) is 0 Å². The minimum atomic E-state index is -1.51. The van der Waals surface area contributed by atoms with Crippen LogP contribution in [0.15, 0.2) is 0 Å². The van der Waals surface area contributed by atoms with Gasteiger partial charge < -0.3 is 35.8 Å². The summed E-state index contributed by atoms with van der Waals surface area (Å²) in [5, 5.41) is 30.3. The number of aliphatic carboxylic acids is 1. The van der Waals surface area contributed by atoms with Crippen molar-refractivity contribution >= 4 is 19.0 Å². The molecule has 0 spiro atoms. The molecule has 0 aliphatic carbocycles. The van der Waals surface area contributed by atoms with Gasteiger partial charge in [0.2, 0.25) is 5.91 Å². The molecule has 10 heteroatoms. The van der Waals surface area contributed by atoms with E-state index in [1.807, 2.05) is 0 Å². The molecular formula is C13H24BN3O6. The first-order valence-corrected chi connectivity index (χ1v) is 7.83. The van der Waals surface area contributed by atoms with Crippen LogP contribution in [-0.2, 0) is 14.3 Å². The van der Waals surface area contributed by atoms with Crippen LogP contribution in [0.25, 0.3) is 0 Å². The summed E-state index contributed by atoms with van der Waals surface area (Å²) in [7, 11) is -1.42. The van der Waals surface area contributed by atoms with Gasteiger partial charge in [-0.15, -0.1) is 0 Å². The van der Waals surface area contributed by atoms with Crippen molar-refractivity contribution in [1.82, 2.24) is 10.2 Å². The zero-order valence-electron chi connectivity index (χ0n) is 13.0. The SMILES string of the molecule is N[C@@]1(C(=O)O)CN(C(=O)C2COCCN2)CC1CCCB(O)O. The highest BCUT2D eigenvalue weighted by Gasteiger charge is 2.51. The highest BCUT2D eigenvalue weighted by Crippen LogP contribution is 2.31. The topological polar surface area (TPSA) is 145 Å². The number of rotatable bonds is 6. The van der Waals surface area contributed by atoms with E-state index < -0.39 is 30.6 Å². The second-order valence-corrected chi connectivity index (χ2v) is 6.25. The van der Waals surface area contributed by atoms with Crippen LogP contribution in [0.1, 0.15) is 12.8 Å². The zero-order valence-corrected chi connectivity index (χ0v) is 13.0. The van der Waals surface area contributed by atoms with Gasteiger partial charge in [-0.25, -0.2) is 0 Å². The molecule has 0 aromatic heterocycles. The van der Waals surface area contributed by atoms with Crippen LogP contribution in [0.5, 0.6) is 0 Å². The Morgan fingerprint density at radius 2 is 2.17 bits per heavy atom. The van der Waals surface area contributed by atoms with E-state index in [0.717, 1.165) is 0 Å². The van der Waals surface area contributed by atoms with Gasteiger partial charge in [-0.3, -0.25) is 9.59 Å². The number of nitrogens with one attached hydrogen (secondary N) is 1. The lowest BCUT2D eigenvalue weighted by Gasteiger charge is -2.28. The van der Waals surface area contributed by atoms with Crippen molar-refractivity contribution in [3.63, 3.8) is 0 Å². The molecule has 3 atom stereocenters. The van der Waals surface area contributed by atoms with Crippen molar-refractivity contribution in [3.8, 4) is 0 Å². The molecule has 2 fully saturated rings. The highest BCUT2D eigenvalue weighted by molar-refractivity contribution is 6.40.